The monoisotopic (exact) mass is 450 g/mol. The first kappa shape index (κ1) is 27.9. The van der Waals surface area contributed by atoms with Gasteiger partial charge in [0.15, 0.2) is 0 Å². The van der Waals surface area contributed by atoms with Crippen molar-refractivity contribution in [2.75, 3.05) is 6.61 Å². The van der Waals surface area contributed by atoms with Crippen LogP contribution >= 0.6 is 0 Å². The standard InChI is InChI=1S/C27H46O3S/c1-5-6-7-8-9-10-11-12-13-14-16-24(2)17-15-18-26(4)23-30-31(28,29)27-21-19-25(3)20-22-27/h5,19-22,24,26H,1,6-18,23H2,2-4H3/t24-,26-/m0/s1. The van der Waals surface area contributed by atoms with E-state index in [9.17, 15) is 8.42 Å². The van der Waals surface area contributed by atoms with Gasteiger partial charge in [0, 0.05) is 0 Å². The molecule has 0 unspecified atom stereocenters. The molecule has 0 fully saturated rings. The first-order chi connectivity index (χ1) is 14.8. The molecule has 0 aliphatic heterocycles. The van der Waals surface area contributed by atoms with Crippen molar-refractivity contribution >= 4 is 10.1 Å². The molecule has 0 amide bonds. The van der Waals surface area contributed by atoms with Crippen LogP contribution in [0, 0.1) is 18.8 Å². The lowest BCUT2D eigenvalue weighted by Gasteiger charge is -2.15. The van der Waals surface area contributed by atoms with Crippen molar-refractivity contribution in [3.8, 4) is 0 Å². The summed E-state index contributed by atoms with van der Waals surface area (Å²) in [7, 11) is -3.65. The van der Waals surface area contributed by atoms with Crippen LogP contribution in [0.2, 0.25) is 0 Å². The number of aryl methyl sites for hydroxylation is 1. The van der Waals surface area contributed by atoms with E-state index in [-0.39, 0.29) is 17.4 Å². The Morgan fingerprint density at radius 3 is 1.94 bits per heavy atom. The van der Waals surface area contributed by atoms with E-state index in [4.69, 9.17) is 4.18 Å². The molecule has 31 heavy (non-hydrogen) atoms. The first-order valence-corrected chi connectivity index (χ1v) is 13.8. The molecule has 3 nitrogen and oxygen atoms in total. The number of benzene rings is 1. The lowest BCUT2D eigenvalue weighted by molar-refractivity contribution is 0.251. The zero-order valence-corrected chi connectivity index (χ0v) is 21.1. The van der Waals surface area contributed by atoms with E-state index < -0.39 is 10.1 Å². The van der Waals surface area contributed by atoms with Gasteiger partial charge in [0.1, 0.15) is 0 Å². The Morgan fingerprint density at radius 2 is 1.32 bits per heavy atom. The van der Waals surface area contributed by atoms with Crippen molar-refractivity contribution in [1.29, 1.82) is 0 Å². The minimum atomic E-state index is -3.65. The van der Waals surface area contributed by atoms with Gasteiger partial charge in [0.05, 0.1) is 11.5 Å². The highest BCUT2D eigenvalue weighted by molar-refractivity contribution is 7.86. The van der Waals surface area contributed by atoms with E-state index in [2.05, 4.69) is 20.4 Å². The molecule has 0 radical (unpaired) electrons. The highest BCUT2D eigenvalue weighted by atomic mass is 32.2. The van der Waals surface area contributed by atoms with E-state index in [1.165, 1.54) is 64.2 Å². The smallest absolute Gasteiger partial charge is 0.266 e. The summed E-state index contributed by atoms with van der Waals surface area (Å²) in [5.74, 6) is 1.00. The molecule has 1 rings (SSSR count). The summed E-state index contributed by atoms with van der Waals surface area (Å²) in [6, 6.07) is 6.82. The third-order valence-corrected chi connectivity index (χ3v) is 7.36. The SMILES string of the molecule is C=CCCCCCCCCCC[C@H](C)CCC[C@H](C)COS(=O)(=O)c1ccc(C)cc1. The second kappa shape index (κ2) is 16.5. The highest BCUT2D eigenvalue weighted by Crippen LogP contribution is 2.20. The molecule has 4 heteroatoms. The Morgan fingerprint density at radius 1 is 0.806 bits per heavy atom. The van der Waals surface area contributed by atoms with Gasteiger partial charge in [-0.1, -0.05) is 102 Å². The molecular weight excluding hydrogens is 404 g/mol. The van der Waals surface area contributed by atoms with E-state index in [0.717, 1.165) is 30.7 Å². The summed E-state index contributed by atoms with van der Waals surface area (Å²) >= 11 is 0. The molecule has 0 saturated heterocycles. The maximum atomic E-state index is 12.3. The molecule has 0 bridgehead atoms. The molecule has 1 aromatic rings. The van der Waals surface area contributed by atoms with Crippen LogP contribution in [0.5, 0.6) is 0 Å². The quantitative estimate of drug-likeness (QED) is 0.121. The molecule has 0 saturated carbocycles. The van der Waals surface area contributed by atoms with Gasteiger partial charge in [-0.05, 0) is 50.2 Å². The second-order valence-corrected chi connectivity index (χ2v) is 11.0. The van der Waals surface area contributed by atoms with Gasteiger partial charge in [-0.25, -0.2) is 0 Å². The lowest BCUT2D eigenvalue weighted by Crippen LogP contribution is -2.13. The molecule has 0 aromatic heterocycles. The number of unbranched alkanes of at least 4 members (excludes halogenated alkanes) is 8. The lowest BCUT2D eigenvalue weighted by atomic mass is 9.94. The largest absolute Gasteiger partial charge is 0.296 e. The van der Waals surface area contributed by atoms with Gasteiger partial charge in [0.2, 0.25) is 0 Å². The Kier molecular flexibility index (Phi) is 14.8. The van der Waals surface area contributed by atoms with Crippen molar-refractivity contribution in [3.05, 3.63) is 42.5 Å². The molecule has 0 aliphatic rings. The maximum Gasteiger partial charge on any atom is 0.296 e. The number of hydrogen-bond acceptors (Lipinski definition) is 3. The van der Waals surface area contributed by atoms with Crippen molar-refractivity contribution in [3.63, 3.8) is 0 Å². The third-order valence-electron chi connectivity index (χ3n) is 6.07. The summed E-state index contributed by atoms with van der Waals surface area (Å²) in [6.07, 6.45) is 18.7. The molecule has 178 valence electrons. The fourth-order valence-corrected chi connectivity index (χ4v) is 4.88. The topological polar surface area (TPSA) is 43.4 Å². The average Bonchev–Trinajstić information content (AvgIpc) is 2.74. The Hall–Kier alpha value is -1.13. The van der Waals surface area contributed by atoms with E-state index in [0.29, 0.717) is 0 Å². The normalized spacial score (nSPS) is 13.8. The Bertz CT molecular complexity index is 679. The van der Waals surface area contributed by atoms with Crippen LogP contribution < -0.4 is 0 Å². The summed E-state index contributed by atoms with van der Waals surface area (Å²) in [5, 5.41) is 0. The Labute approximate surface area is 192 Å². The van der Waals surface area contributed by atoms with Crippen molar-refractivity contribution in [2.45, 2.75) is 109 Å². The van der Waals surface area contributed by atoms with Gasteiger partial charge < -0.3 is 0 Å². The minimum Gasteiger partial charge on any atom is -0.266 e. The second-order valence-electron chi connectivity index (χ2n) is 9.39. The van der Waals surface area contributed by atoms with Gasteiger partial charge in [-0.3, -0.25) is 4.18 Å². The van der Waals surface area contributed by atoms with Crippen LogP contribution in [0.3, 0.4) is 0 Å². The molecule has 1 aromatic carbocycles. The van der Waals surface area contributed by atoms with Crippen LogP contribution in [-0.2, 0) is 14.3 Å². The minimum absolute atomic E-state index is 0.242. The predicted molar refractivity (Wildman–Crippen MR) is 133 cm³/mol. The summed E-state index contributed by atoms with van der Waals surface area (Å²) in [5.41, 5.74) is 1.04. The molecule has 0 N–H and O–H groups in total. The fourth-order valence-electron chi connectivity index (χ4n) is 3.86. The number of allylic oxidation sites excluding steroid dienone is 1. The van der Waals surface area contributed by atoms with Crippen LogP contribution in [0.25, 0.3) is 0 Å². The summed E-state index contributed by atoms with van der Waals surface area (Å²) in [4.78, 5) is 0.242. The van der Waals surface area contributed by atoms with Gasteiger partial charge in [-0.2, -0.15) is 8.42 Å². The fraction of sp³-hybridized carbons (Fsp3) is 0.704. The number of hydrogen-bond donors (Lipinski definition) is 0. The summed E-state index contributed by atoms with van der Waals surface area (Å²) in [6.45, 7) is 10.4. The van der Waals surface area contributed by atoms with Crippen LogP contribution in [-0.4, -0.2) is 15.0 Å². The predicted octanol–water partition coefficient (Wildman–Crippen LogP) is 8.23. The molecular formula is C27H46O3S. The number of rotatable bonds is 19. The molecule has 0 spiro atoms. The zero-order valence-electron chi connectivity index (χ0n) is 20.3. The molecule has 2 atom stereocenters. The van der Waals surface area contributed by atoms with Crippen LogP contribution in [0.4, 0.5) is 0 Å². The van der Waals surface area contributed by atoms with Gasteiger partial charge >= 0.3 is 0 Å². The van der Waals surface area contributed by atoms with Crippen molar-refractivity contribution in [2.24, 2.45) is 11.8 Å². The van der Waals surface area contributed by atoms with Gasteiger partial charge in [-0.15, -0.1) is 6.58 Å². The van der Waals surface area contributed by atoms with E-state index in [1.807, 2.05) is 13.0 Å². The van der Waals surface area contributed by atoms with E-state index in [1.54, 1.807) is 24.3 Å². The Balaban J connectivity index is 2.04. The molecule has 0 heterocycles. The van der Waals surface area contributed by atoms with Crippen LogP contribution in [0.1, 0.15) is 103 Å². The average molecular weight is 451 g/mol. The van der Waals surface area contributed by atoms with Crippen LogP contribution in [0.15, 0.2) is 41.8 Å². The molecule has 0 aliphatic carbocycles. The first-order valence-electron chi connectivity index (χ1n) is 12.4. The maximum absolute atomic E-state index is 12.3. The zero-order chi connectivity index (χ0) is 23.0. The summed E-state index contributed by atoms with van der Waals surface area (Å²) < 4.78 is 29.8. The van der Waals surface area contributed by atoms with E-state index >= 15 is 0 Å². The van der Waals surface area contributed by atoms with Gasteiger partial charge in [0.25, 0.3) is 10.1 Å². The highest BCUT2D eigenvalue weighted by Gasteiger charge is 2.16. The van der Waals surface area contributed by atoms with Crippen molar-refractivity contribution in [1.82, 2.24) is 0 Å². The van der Waals surface area contributed by atoms with Crippen molar-refractivity contribution < 1.29 is 12.6 Å². The third kappa shape index (κ3) is 13.8.